The Morgan fingerprint density at radius 3 is 2.49 bits per heavy atom. The van der Waals surface area contributed by atoms with Crippen LogP contribution in [0.4, 0.5) is 19.1 Å². The summed E-state index contributed by atoms with van der Waals surface area (Å²) in [6, 6.07) is 4.57. The van der Waals surface area contributed by atoms with E-state index in [9.17, 15) is 18.0 Å². The minimum atomic E-state index is -2.71. The summed E-state index contributed by atoms with van der Waals surface area (Å²) in [6.45, 7) is 4.54. The van der Waals surface area contributed by atoms with Gasteiger partial charge in [0, 0.05) is 57.5 Å². The number of piperidine rings is 2. The van der Waals surface area contributed by atoms with E-state index in [0.29, 0.717) is 18.3 Å². The molecule has 3 fully saturated rings. The molecule has 6 nitrogen and oxygen atoms in total. The molecule has 1 aromatic carbocycles. The normalized spacial score (nSPS) is 23.7. The molecule has 5 rings (SSSR count). The van der Waals surface area contributed by atoms with Crippen molar-refractivity contribution in [2.75, 3.05) is 37.7 Å². The number of anilines is 1. The molecule has 1 aliphatic carbocycles. The monoisotopic (exact) mass is 516 g/mol. The van der Waals surface area contributed by atoms with Crippen LogP contribution < -0.4 is 9.64 Å². The molecule has 2 aliphatic heterocycles. The van der Waals surface area contributed by atoms with Gasteiger partial charge in [-0.15, -0.1) is 0 Å². The zero-order chi connectivity index (χ0) is 26.0. The lowest BCUT2D eigenvalue weighted by molar-refractivity contribution is -0.136. The van der Waals surface area contributed by atoms with Crippen LogP contribution in [0, 0.1) is 30.5 Å². The second-order valence-electron chi connectivity index (χ2n) is 10.8. The van der Waals surface area contributed by atoms with E-state index in [1.807, 2.05) is 19.3 Å². The zero-order valence-corrected chi connectivity index (χ0v) is 21.3. The van der Waals surface area contributed by atoms with Gasteiger partial charge in [-0.05, 0) is 67.6 Å². The lowest BCUT2D eigenvalue weighted by atomic mass is 9.90. The van der Waals surface area contributed by atoms with E-state index in [4.69, 9.17) is 4.74 Å². The molecule has 3 heterocycles. The first kappa shape index (κ1) is 25.8. The fourth-order valence-electron chi connectivity index (χ4n) is 5.70. The smallest absolute Gasteiger partial charge is 0.251 e. The number of aromatic nitrogens is 2. The van der Waals surface area contributed by atoms with Crippen molar-refractivity contribution in [3.63, 3.8) is 0 Å². The molecule has 3 aliphatic rings. The number of rotatable bonds is 8. The van der Waals surface area contributed by atoms with E-state index in [1.165, 1.54) is 17.4 Å². The van der Waals surface area contributed by atoms with Crippen LogP contribution in [0.1, 0.15) is 49.7 Å². The van der Waals surface area contributed by atoms with Crippen LogP contribution in [0.3, 0.4) is 0 Å². The van der Waals surface area contributed by atoms with Crippen LogP contribution in [0.25, 0.3) is 0 Å². The molecule has 9 heteroatoms. The molecule has 2 saturated heterocycles. The lowest BCUT2D eigenvalue weighted by Gasteiger charge is -2.32. The van der Waals surface area contributed by atoms with Crippen molar-refractivity contribution in [2.45, 2.75) is 57.8 Å². The molecule has 0 unspecified atom stereocenters. The molecule has 1 saturated carbocycles. The van der Waals surface area contributed by atoms with E-state index in [1.54, 1.807) is 12.1 Å². The summed E-state index contributed by atoms with van der Waals surface area (Å²) in [5.41, 5.74) is 1.33. The average molecular weight is 517 g/mol. The molecule has 200 valence electrons. The maximum Gasteiger partial charge on any atom is 0.251 e. The number of hydrogen-bond acceptors (Lipinski definition) is 5. The largest absolute Gasteiger partial charge is 0.493 e. The number of aryl methyl sites for hydroxylation is 1. The number of alkyl halides is 2. The number of halogens is 3. The number of benzene rings is 1. The molecule has 0 N–H and O–H groups in total. The van der Waals surface area contributed by atoms with Crippen molar-refractivity contribution in [1.82, 2.24) is 14.9 Å². The highest BCUT2D eigenvalue weighted by atomic mass is 19.3. The number of amides is 1. The van der Waals surface area contributed by atoms with Crippen LogP contribution in [0.15, 0.2) is 30.6 Å². The quantitative estimate of drug-likeness (QED) is 0.492. The SMILES string of the molecule is Cc1cnc(N2CCC([C@H]3C[C@H]3CCOc3ccc(CC(=O)N4CCC(F)(F)CC4)c(F)c3)CC2)nc1. The topological polar surface area (TPSA) is 58.6 Å². The molecule has 1 amide bonds. The van der Waals surface area contributed by atoms with Gasteiger partial charge >= 0.3 is 0 Å². The van der Waals surface area contributed by atoms with Gasteiger partial charge in [0.1, 0.15) is 11.6 Å². The first-order chi connectivity index (χ1) is 17.8. The lowest BCUT2D eigenvalue weighted by Crippen LogP contribution is -2.43. The molecule has 0 spiro atoms. The van der Waals surface area contributed by atoms with Gasteiger partial charge in [0.2, 0.25) is 11.9 Å². The third kappa shape index (κ3) is 6.54. The number of hydrogen-bond donors (Lipinski definition) is 0. The number of likely N-dealkylation sites (tertiary alicyclic amines) is 1. The first-order valence-corrected chi connectivity index (χ1v) is 13.4. The summed E-state index contributed by atoms with van der Waals surface area (Å²) >= 11 is 0. The Morgan fingerprint density at radius 1 is 1.11 bits per heavy atom. The van der Waals surface area contributed by atoms with Crippen LogP contribution in [0.2, 0.25) is 0 Å². The maximum atomic E-state index is 14.6. The molecular weight excluding hydrogens is 481 g/mol. The Bertz CT molecular complexity index is 1080. The number of carbonyl (C=O) groups is 1. The van der Waals surface area contributed by atoms with Crippen molar-refractivity contribution in [1.29, 1.82) is 0 Å². The molecule has 1 aromatic heterocycles. The Morgan fingerprint density at radius 2 is 1.81 bits per heavy atom. The fraction of sp³-hybridized carbons (Fsp3) is 0.607. The van der Waals surface area contributed by atoms with Gasteiger partial charge in [0.05, 0.1) is 13.0 Å². The van der Waals surface area contributed by atoms with Crippen LogP contribution in [-0.2, 0) is 11.2 Å². The average Bonchev–Trinajstić information content (AvgIpc) is 3.66. The highest BCUT2D eigenvalue weighted by Gasteiger charge is 2.43. The number of carbonyl (C=O) groups excluding carboxylic acids is 1. The maximum absolute atomic E-state index is 14.6. The minimum absolute atomic E-state index is 0.0110. The Hall–Kier alpha value is -2.84. The molecule has 37 heavy (non-hydrogen) atoms. The van der Waals surface area contributed by atoms with Crippen molar-refractivity contribution < 1.29 is 22.7 Å². The molecule has 2 atom stereocenters. The molecule has 2 aromatic rings. The summed E-state index contributed by atoms with van der Waals surface area (Å²) in [4.78, 5) is 25.0. The van der Waals surface area contributed by atoms with Gasteiger partial charge in [-0.3, -0.25) is 4.79 Å². The van der Waals surface area contributed by atoms with E-state index < -0.39 is 11.7 Å². The van der Waals surface area contributed by atoms with E-state index in [0.717, 1.165) is 55.7 Å². The second-order valence-corrected chi connectivity index (χ2v) is 10.8. The number of ether oxygens (including phenoxy) is 1. The summed E-state index contributed by atoms with van der Waals surface area (Å²) in [5, 5.41) is 0. The van der Waals surface area contributed by atoms with Crippen molar-refractivity contribution in [3.8, 4) is 5.75 Å². The van der Waals surface area contributed by atoms with Crippen molar-refractivity contribution in [3.05, 3.63) is 47.5 Å². The van der Waals surface area contributed by atoms with Gasteiger partial charge in [-0.2, -0.15) is 0 Å². The third-order valence-corrected chi connectivity index (χ3v) is 8.14. The van der Waals surface area contributed by atoms with Gasteiger partial charge in [0.15, 0.2) is 0 Å². The Kier molecular flexibility index (Phi) is 7.58. The predicted octanol–water partition coefficient (Wildman–Crippen LogP) is 5.05. The Balaban J connectivity index is 1.02. The minimum Gasteiger partial charge on any atom is -0.493 e. The summed E-state index contributed by atoms with van der Waals surface area (Å²) < 4.78 is 47.0. The predicted molar refractivity (Wildman–Crippen MR) is 134 cm³/mol. The van der Waals surface area contributed by atoms with E-state index >= 15 is 0 Å². The first-order valence-electron chi connectivity index (χ1n) is 13.4. The van der Waals surface area contributed by atoms with Crippen molar-refractivity contribution in [2.24, 2.45) is 17.8 Å². The zero-order valence-electron chi connectivity index (χ0n) is 21.3. The fourth-order valence-corrected chi connectivity index (χ4v) is 5.70. The van der Waals surface area contributed by atoms with Gasteiger partial charge in [-0.1, -0.05) is 6.07 Å². The van der Waals surface area contributed by atoms with Crippen LogP contribution in [-0.4, -0.2) is 59.5 Å². The highest BCUT2D eigenvalue weighted by Crippen LogP contribution is 2.49. The number of nitrogens with zero attached hydrogens (tertiary/aromatic N) is 4. The highest BCUT2D eigenvalue weighted by molar-refractivity contribution is 5.79. The molecular formula is C28H35F3N4O2. The summed E-state index contributed by atoms with van der Waals surface area (Å²) in [7, 11) is 0. The molecule has 0 radical (unpaired) electrons. The van der Waals surface area contributed by atoms with Gasteiger partial charge in [0.25, 0.3) is 5.92 Å². The van der Waals surface area contributed by atoms with Crippen LogP contribution >= 0.6 is 0 Å². The Labute approximate surface area is 216 Å². The molecule has 0 bridgehead atoms. The second kappa shape index (κ2) is 10.9. The van der Waals surface area contributed by atoms with Gasteiger partial charge < -0.3 is 14.5 Å². The summed E-state index contributed by atoms with van der Waals surface area (Å²) in [5.74, 6) is -0.126. The van der Waals surface area contributed by atoms with Crippen molar-refractivity contribution >= 4 is 11.9 Å². The third-order valence-electron chi connectivity index (χ3n) is 8.14. The van der Waals surface area contributed by atoms with E-state index in [-0.39, 0.29) is 43.8 Å². The summed E-state index contributed by atoms with van der Waals surface area (Å²) in [6.07, 6.45) is 7.43. The van der Waals surface area contributed by atoms with Gasteiger partial charge in [-0.25, -0.2) is 23.1 Å². The van der Waals surface area contributed by atoms with E-state index in [2.05, 4.69) is 14.9 Å². The standard InChI is InChI=1S/C28H35F3N4O2/c1-19-17-32-27(33-18-19)35-9-4-20(5-10-35)24-14-21(24)6-13-37-23-3-2-22(25(29)16-23)15-26(36)34-11-7-28(30,31)8-12-34/h2-3,16-18,20-21,24H,4-15H2,1H3/t21-,24-/m1/s1. The van der Waals surface area contributed by atoms with Crippen LogP contribution in [0.5, 0.6) is 5.75 Å².